The lowest BCUT2D eigenvalue weighted by Crippen LogP contribution is -1.75. The Hall–Kier alpha value is -0.780. The Bertz CT molecular complexity index is 159. The van der Waals surface area contributed by atoms with Crippen LogP contribution in [-0.4, -0.2) is 0 Å². The zero-order chi connectivity index (χ0) is 11.4. The van der Waals surface area contributed by atoms with Crippen molar-refractivity contribution in [1.29, 1.82) is 0 Å². The van der Waals surface area contributed by atoms with Gasteiger partial charge in [-0.25, -0.2) is 0 Å². The fourth-order valence-electron chi connectivity index (χ4n) is 0.493. The van der Waals surface area contributed by atoms with Crippen LogP contribution in [0.15, 0.2) is 36.0 Å². The molecule has 0 aliphatic heterocycles. The second-order valence-corrected chi connectivity index (χ2v) is 2.45. The molecule has 0 unspecified atom stereocenters. The quantitative estimate of drug-likeness (QED) is 0.519. The molecule has 0 aromatic rings. The van der Waals surface area contributed by atoms with Gasteiger partial charge in [0.15, 0.2) is 0 Å². The van der Waals surface area contributed by atoms with Crippen LogP contribution in [0.25, 0.3) is 0 Å². The molecular formula is C13H26. The molecule has 0 spiro atoms. The topological polar surface area (TPSA) is 0 Å². The molecule has 0 saturated carbocycles. The summed E-state index contributed by atoms with van der Waals surface area (Å²) < 4.78 is 0. The van der Waals surface area contributed by atoms with Crippen molar-refractivity contribution in [2.75, 3.05) is 0 Å². The molecule has 0 aliphatic rings. The fraction of sp³-hybridized carbons (Fsp3) is 0.538. The fourth-order valence-corrected chi connectivity index (χ4v) is 0.493. The van der Waals surface area contributed by atoms with Crippen molar-refractivity contribution in [3.05, 3.63) is 36.0 Å². The lowest BCUT2D eigenvalue weighted by Gasteiger charge is -1.96. The van der Waals surface area contributed by atoms with Crippen LogP contribution < -0.4 is 0 Å². The largest absolute Gasteiger partial charge is 0.0961 e. The van der Waals surface area contributed by atoms with Crippen molar-refractivity contribution in [3.8, 4) is 0 Å². The van der Waals surface area contributed by atoms with E-state index in [2.05, 4.69) is 13.2 Å². The standard InChI is InChI=1S/C9H14.2C2H6/c1-7(2)6-9(5)8(3)4;2*1-2/h6H,1,3H2,2,4-5H3;2*1-2H3/b9-6-;;. The van der Waals surface area contributed by atoms with Gasteiger partial charge in [0.25, 0.3) is 0 Å². The molecule has 0 atom stereocenters. The lowest BCUT2D eigenvalue weighted by atomic mass is 10.1. The highest BCUT2D eigenvalue weighted by atomic mass is 13.9. The van der Waals surface area contributed by atoms with Gasteiger partial charge in [-0.1, -0.05) is 58.1 Å². The van der Waals surface area contributed by atoms with Crippen LogP contribution in [0.3, 0.4) is 0 Å². The maximum atomic E-state index is 3.80. The molecule has 0 aromatic heterocycles. The van der Waals surface area contributed by atoms with Crippen LogP contribution >= 0.6 is 0 Å². The van der Waals surface area contributed by atoms with E-state index in [1.807, 2.05) is 54.5 Å². The summed E-state index contributed by atoms with van der Waals surface area (Å²) in [6.45, 7) is 21.6. The molecule has 0 aromatic carbocycles. The molecule has 0 heteroatoms. The predicted molar refractivity (Wildman–Crippen MR) is 66.1 cm³/mol. The number of rotatable bonds is 2. The van der Waals surface area contributed by atoms with E-state index in [0.29, 0.717) is 0 Å². The maximum Gasteiger partial charge on any atom is -0.0395 e. The molecule has 0 saturated heterocycles. The van der Waals surface area contributed by atoms with E-state index in [1.165, 1.54) is 5.57 Å². The summed E-state index contributed by atoms with van der Waals surface area (Å²) >= 11 is 0. The van der Waals surface area contributed by atoms with Gasteiger partial charge < -0.3 is 0 Å². The van der Waals surface area contributed by atoms with E-state index in [1.54, 1.807) is 0 Å². The smallest absolute Gasteiger partial charge is 0.0395 e. The SMILES string of the molecule is C=C(C)/C=C(/C)C(=C)C.CC.CC. The first-order chi connectivity index (χ1) is 6.04. The van der Waals surface area contributed by atoms with Gasteiger partial charge in [-0.05, 0) is 26.3 Å². The molecule has 0 aliphatic carbocycles. The highest BCUT2D eigenvalue weighted by Crippen LogP contribution is 2.07. The van der Waals surface area contributed by atoms with Gasteiger partial charge >= 0.3 is 0 Å². The van der Waals surface area contributed by atoms with Crippen molar-refractivity contribution in [2.24, 2.45) is 0 Å². The van der Waals surface area contributed by atoms with Gasteiger partial charge in [-0.3, -0.25) is 0 Å². The zero-order valence-corrected chi connectivity index (χ0v) is 10.5. The minimum atomic E-state index is 1.08. The van der Waals surface area contributed by atoms with Gasteiger partial charge in [0.2, 0.25) is 0 Å². The minimum Gasteiger partial charge on any atom is -0.0961 e. The third kappa shape index (κ3) is 18.3. The van der Waals surface area contributed by atoms with Crippen molar-refractivity contribution in [3.63, 3.8) is 0 Å². The normalized spacial score (nSPS) is 8.69. The van der Waals surface area contributed by atoms with Crippen LogP contribution in [0.4, 0.5) is 0 Å². The maximum absolute atomic E-state index is 3.80. The molecule has 0 radical (unpaired) electrons. The van der Waals surface area contributed by atoms with Gasteiger partial charge in [-0.15, -0.1) is 0 Å². The molecule has 0 heterocycles. The van der Waals surface area contributed by atoms with Crippen molar-refractivity contribution >= 4 is 0 Å². The highest BCUT2D eigenvalue weighted by Gasteiger charge is 1.86. The molecule has 0 amide bonds. The third-order valence-electron chi connectivity index (χ3n) is 1.14. The van der Waals surface area contributed by atoms with Gasteiger partial charge in [0, 0.05) is 0 Å². The molecule has 0 bridgehead atoms. The molecule has 0 nitrogen and oxygen atoms in total. The first-order valence-electron chi connectivity index (χ1n) is 5.03. The van der Waals surface area contributed by atoms with Crippen LogP contribution in [-0.2, 0) is 0 Å². The Morgan fingerprint density at radius 3 is 1.23 bits per heavy atom. The van der Waals surface area contributed by atoms with Crippen LogP contribution in [0.5, 0.6) is 0 Å². The Morgan fingerprint density at radius 2 is 1.15 bits per heavy atom. The predicted octanol–water partition coefficient (Wildman–Crippen LogP) is 5.14. The summed E-state index contributed by atoms with van der Waals surface area (Å²) in [6, 6.07) is 0. The van der Waals surface area contributed by atoms with Crippen LogP contribution in [0, 0.1) is 0 Å². The van der Waals surface area contributed by atoms with Crippen molar-refractivity contribution in [2.45, 2.75) is 48.5 Å². The van der Waals surface area contributed by atoms with E-state index in [0.717, 1.165) is 11.1 Å². The third-order valence-corrected chi connectivity index (χ3v) is 1.14. The van der Waals surface area contributed by atoms with Crippen LogP contribution in [0.1, 0.15) is 48.5 Å². The number of hydrogen-bond donors (Lipinski definition) is 0. The summed E-state index contributed by atoms with van der Waals surface area (Å²) in [6.07, 6.45) is 2.03. The van der Waals surface area contributed by atoms with E-state index < -0.39 is 0 Å². The lowest BCUT2D eigenvalue weighted by molar-refractivity contribution is 1.34. The average molecular weight is 182 g/mol. The highest BCUT2D eigenvalue weighted by molar-refractivity contribution is 5.30. The first kappa shape index (κ1) is 18.1. The number of hydrogen-bond acceptors (Lipinski definition) is 0. The molecule has 78 valence electrons. The second-order valence-electron chi connectivity index (χ2n) is 2.45. The summed E-state index contributed by atoms with van der Waals surface area (Å²) in [4.78, 5) is 0. The van der Waals surface area contributed by atoms with E-state index in [-0.39, 0.29) is 0 Å². The van der Waals surface area contributed by atoms with Gasteiger partial charge in [0.1, 0.15) is 0 Å². The molecule has 0 fully saturated rings. The molecule has 0 N–H and O–H groups in total. The number of allylic oxidation sites excluding steroid dienone is 4. The molecule has 13 heavy (non-hydrogen) atoms. The molecular weight excluding hydrogens is 156 g/mol. The Balaban J connectivity index is -0.000000218. The van der Waals surface area contributed by atoms with Crippen molar-refractivity contribution < 1.29 is 0 Å². The summed E-state index contributed by atoms with van der Waals surface area (Å²) in [5, 5.41) is 0. The Morgan fingerprint density at radius 1 is 0.846 bits per heavy atom. The van der Waals surface area contributed by atoms with E-state index >= 15 is 0 Å². The Labute approximate surface area is 85.1 Å². The van der Waals surface area contributed by atoms with E-state index in [4.69, 9.17) is 0 Å². The van der Waals surface area contributed by atoms with Crippen molar-refractivity contribution in [1.82, 2.24) is 0 Å². The van der Waals surface area contributed by atoms with Crippen LogP contribution in [0.2, 0.25) is 0 Å². The Kier molecular flexibility index (Phi) is 19.2. The summed E-state index contributed by atoms with van der Waals surface area (Å²) in [5.41, 5.74) is 3.40. The second kappa shape index (κ2) is 13.8. The minimum absolute atomic E-state index is 1.08. The van der Waals surface area contributed by atoms with E-state index in [9.17, 15) is 0 Å². The average Bonchev–Trinajstić information content (AvgIpc) is 2.10. The summed E-state index contributed by atoms with van der Waals surface area (Å²) in [7, 11) is 0. The zero-order valence-electron chi connectivity index (χ0n) is 10.5. The van der Waals surface area contributed by atoms with Gasteiger partial charge in [-0.2, -0.15) is 0 Å². The monoisotopic (exact) mass is 182 g/mol. The first-order valence-corrected chi connectivity index (χ1v) is 5.03. The summed E-state index contributed by atoms with van der Waals surface area (Å²) in [5.74, 6) is 0. The molecule has 0 rings (SSSR count). The van der Waals surface area contributed by atoms with Gasteiger partial charge in [0.05, 0.1) is 0 Å².